The summed E-state index contributed by atoms with van der Waals surface area (Å²) in [4.78, 5) is 14.6. The smallest absolute Gasteiger partial charge is 0.323 e. The molecule has 0 unspecified atom stereocenters. The molecule has 170 valence electrons. The van der Waals surface area contributed by atoms with Crippen LogP contribution in [-0.4, -0.2) is 53.1 Å². The number of anilines is 2. The summed E-state index contributed by atoms with van der Waals surface area (Å²) in [5.74, 6) is 0.507. The molecule has 8 nitrogen and oxygen atoms in total. The summed E-state index contributed by atoms with van der Waals surface area (Å²) in [5, 5.41) is 20.3. The third-order valence-electron chi connectivity index (χ3n) is 4.60. The number of rotatable bonds is 8. The second-order valence-corrected chi connectivity index (χ2v) is 8.27. The number of amides is 2. The Morgan fingerprint density at radius 2 is 1.97 bits per heavy atom. The molecule has 0 bridgehead atoms. The summed E-state index contributed by atoms with van der Waals surface area (Å²) in [7, 11) is 5.80. The van der Waals surface area contributed by atoms with Gasteiger partial charge in [-0.15, -0.1) is 0 Å². The van der Waals surface area contributed by atoms with E-state index in [1.54, 1.807) is 42.2 Å². The molecule has 0 aliphatic rings. The van der Waals surface area contributed by atoms with Crippen molar-refractivity contribution in [1.82, 2.24) is 14.7 Å². The number of benzene rings is 2. The van der Waals surface area contributed by atoms with Crippen molar-refractivity contribution in [3.8, 4) is 22.8 Å². The van der Waals surface area contributed by atoms with Crippen LogP contribution in [0.5, 0.6) is 11.5 Å². The van der Waals surface area contributed by atoms with Gasteiger partial charge in [-0.3, -0.25) is 4.68 Å². The number of aromatic hydroxyl groups is 1. The van der Waals surface area contributed by atoms with Gasteiger partial charge in [0.15, 0.2) is 0 Å². The number of phenolic OH excluding ortho intramolecular Hbond substituents is 1. The van der Waals surface area contributed by atoms with Gasteiger partial charge in [0.1, 0.15) is 11.5 Å². The number of halogens is 2. The van der Waals surface area contributed by atoms with Crippen molar-refractivity contribution in [3.63, 3.8) is 0 Å². The maximum atomic E-state index is 12.5. The van der Waals surface area contributed by atoms with Gasteiger partial charge in [-0.05, 0) is 50.8 Å². The van der Waals surface area contributed by atoms with Gasteiger partial charge < -0.3 is 25.4 Å². The lowest BCUT2D eigenvalue weighted by atomic mass is 10.1. The summed E-state index contributed by atoms with van der Waals surface area (Å²) in [5.41, 5.74) is 2.13. The minimum Gasteiger partial charge on any atom is -0.506 e. The Morgan fingerprint density at radius 1 is 1.19 bits per heavy atom. The molecule has 2 amide bonds. The number of phenols is 1. The van der Waals surface area contributed by atoms with Gasteiger partial charge in [-0.2, -0.15) is 5.10 Å². The highest BCUT2D eigenvalue weighted by atomic mass is 35.5. The second-order valence-electron chi connectivity index (χ2n) is 7.42. The standard InChI is InChI=1S/C22H25Cl2N5O3/c1-28(2)9-4-10-32-20-8-6-15(12-16(20)21-17(24)13-25-29(21)3)26-22(31)27-18-7-5-14(23)11-19(18)30/h5-8,11-13,30H,4,9-10H2,1-3H3,(H2,26,27,31). The van der Waals surface area contributed by atoms with E-state index in [2.05, 4.69) is 20.6 Å². The number of nitrogens with zero attached hydrogens (tertiary/aromatic N) is 3. The van der Waals surface area contributed by atoms with E-state index in [-0.39, 0.29) is 11.4 Å². The van der Waals surface area contributed by atoms with Crippen LogP contribution in [-0.2, 0) is 7.05 Å². The second kappa shape index (κ2) is 10.6. The first-order chi connectivity index (χ1) is 15.2. The van der Waals surface area contributed by atoms with E-state index >= 15 is 0 Å². The van der Waals surface area contributed by atoms with Crippen LogP contribution in [0.1, 0.15) is 6.42 Å². The van der Waals surface area contributed by atoms with Crippen LogP contribution in [0.3, 0.4) is 0 Å². The normalized spacial score (nSPS) is 10.9. The van der Waals surface area contributed by atoms with E-state index < -0.39 is 6.03 Å². The number of ether oxygens (including phenoxy) is 1. The fraction of sp³-hybridized carbons (Fsp3) is 0.273. The van der Waals surface area contributed by atoms with Crippen LogP contribution in [0.4, 0.5) is 16.2 Å². The molecule has 0 atom stereocenters. The molecule has 3 N–H and O–H groups in total. The number of nitrogens with one attached hydrogen (secondary N) is 2. The lowest BCUT2D eigenvalue weighted by Gasteiger charge is -2.16. The molecule has 10 heteroatoms. The maximum Gasteiger partial charge on any atom is 0.323 e. The molecule has 32 heavy (non-hydrogen) atoms. The third kappa shape index (κ3) is 6.06. The molecule has 0 aliphatic carbocycles. The van der Waals surface area contributed by atoms with Gasteiger partial charge in [0, 0.05) is 35.9 Å². The Labute approximate surface area is 196 Å². The molecular formula is C22H25Cl2N5O3. The zero-order chi connectivity index (χ0) is 23.3. The lowest BCUT2D eigenvalue weighted by Crippen LogP contribution is -2.19. The molecular weight excluding hydrogens is 453 g/mol. The fourth-order valence-corrected chi connectivity index (χ4v) is 3.52. The van der Waals surface area contributed by atoms with Crippen LogP contribution in [0.15, 0.2) is 42.6 Å². The van der Waals surface area contributed by atoms with E-state index in [1.807, 2.05) is 14.1 Å². The molecule has 1 aromatic heterocycles. The topological polar surface area (TPSA) is 91.7 Å². The Bertz CT molecular complexity index is 1080. The largest absolute Gasteiger partial charge is 0.506 e. The zero-order valence-electron chi connectivity index (χ0n) is 18.0. The summed E-state index contributed by atoms with van der Waals surface area (Å²) in [6.45, 7) is 1.43. The highest BCUT2D eigenvalue weighted by Crippen LogP contribution is 2.36. The van der Waals surface area contributed by atoms with E-state index in [1.165, 1.54) is 12.1 Å². The van der Waals surface area contributed by atoms with Crippen molar-refractivity contribution in [2.24, 2.45) is 7.05 Å². The number of hydrogen-bond acceptors (Lipinski definition) is 5. The monoisotopic (exact) mass is 477 g/mol. The quantitative estimate of drug-likeness (QED) is 0.311. The zero-order valence-corrected chi connectivity index (χ0v) is 19.5. The summed E-state index contributed by atoms with van der Waals surface area (Å²) >= 11 is 12.2. The number of urea groups is 1. The van der Waals surface area contributed by atoms with Crippen molar-refractivity contribution >= 4 is 40.6 Å². The molecule has 3 aromatic rings. The van der Waals surface area contributed by atoms with E-state index in [4.69, 9.17) is 27.9 Å². The summed E-state index contributed by atoms with van der Waals surface area (Å²) in [6.07, 6.45) is 2.42. The predicted octanol–water partition coefficient (Wildman–Crippen LogP) is 5.07. The number of aromatic nitrogens is 2. The van der Waals surface area contributed by atoms with Gasteiger partial charge in [-0.1, -0.05) is 23.2 Å². The minimum atomic E-state index is -0.524. The fourth-order valence-electron chi connectivity index (χ4n) is 3.09. The predicted molar refractivity (Wildman–Crippen MR) is 128 cm³/mol. The third-order valence-corrected chi connectivity index (χ3v) is 5.11. The van der Waals surface area contributed by atoms with Crippen LogP contribution < -0.4 is 15.4 Å². The molecule has 0 aliphatic heterocycles. The van der Waals surface area contributed by atoms with Crippen LogP contribution >= 0.6 is 23.2 Å². The van der Waals surface area contributed by atoms with Crippen LogP contribution in [0, 0.1) is 0 Å². The Balaban J connectivity index is 1.81. The summed E-state index contributed by atoms with van der Waals surface area (Å²) in [6, 6.07) is 9.20. The molecule has 2 aromatic carbocycles. The number of hydrogen-bond donors (Lipinski definition) is 3. The number of aryl methyl sites for hydroxylation is 1. The molecule has 0 saturated heterocycles. The maximum absolute atomic E-state index is 12.5. The molecule has 0 saturated carbocycles. The Morgan fingerprint density at radius 3 is 2.62 bits per heavy atom. The Kier molecular flexibility index (Phi) is 7.84. The van der Waals surface area contributed by atoms with Gasteiger partial charge in [-0.25, -0.2) is 4.79 Å². The van der Waals surface area contributed by atoms with Gasteiger partial charge in [0.05, 0.1) is 29.2 Å². The highest BCUT2D eigenvalue weighted by molar-refractivity contribution is 6.33. The van der Waals surface area contributed by atoms with Crippen molar-refractivity contribution in [3.05, 3.63) is 52.6 Å². The molecule has 0 fully saturated rings. The van der Waals surface area contributed by atoms with Crippen molar-refractivity contribution in [2.75, 3.05) is 37.9 Å². The van der Waals surface area contributed by atoms with E-state index in [0.29, 0.717) is 39.3 Å². The van der Waals surface area contributed by atoms with Crippen molar-refractivity contribution in [1.29, 1.82) is 0 Å². The Hall–Kier alpha value is -2.94. The van der Waals surface area contributed by atoms with E-state index in [0.717, 1.165) is 13.0 Å². The SMILES string of the molecule is CN(C)CCCOc1ccc(NC(=O)Nc2ccc(Cl)cc2O)cc1-c1c(Cl)cnn1C. The molecule has 3 rings (SSSR count). The highest BCUT2D eigenvalue weighted by Gasteiger charge is 2.17. The van der Waals surface area contributed by atoms with E-state index in [9.17, 15) is 9.90 Å². The van der Waals surface area contributed by atoms with Crippen molar-refractivity contribution < 1.29 is 14.6 Å². The van der Waals surface area contributed by atoms with Crippen molar-refractivity contribution in [2.45, 2.75) is 6.42 Å². The number of carbonyl (C=O) groups excluding carboxylic acids is 1. The average Bonchev–Trinajstić information content (AvgIpc) is 3.06. The number of carbonyl (C=O) groups is 1. The average molecular weight is 478 g/mol. The van der Waals surface area contributed by atoms with Gasteiger partial charge in [0.2, 0.25) is 0 Å². The van der Waals surface area contributed by atoms with Gasteiger partial charge in [0.25, 0.3) is 0 Å². The molecule has 0 radical (unpaired) electrons. The summed E-state index contributed by atoms with van der Waals surface area (Å²) < 4.78 is 7.66. The lowest BCUT2D eigenvalue weighted by molar-refractivity contribution is 0.262. The first kappa shape index (κ1) is 23.7. The minimum absolute atomic E-state index is 0.128. The van der Waals surface area contributed by atoms with Gasteiger partial charge >= 0.3 is 6.03 Å². The van der Waals surface area contributed by atoms with Crippen LogP contribution in [0.25, 0.3) is 11.3 Å². The first-order valence-electron chi connectivity index (χ1n) is 9.90. The molecule has 0 spiro atoms. The van der Waals surface area contributed by atoms with Crippen LogP contribution in [0.2, 0.25) is 10.0 Å². The first-order valence-corrected chi connectivity index (χ1v) is 10.7. The molecule has 1 heterocycles.